The van der Waals surface area contributed by atoms with Gasteiger partial charge in [-0.15, -0.1) is 0 Å². The number of pyridine rings is 2. The van der Waals surface area contributed by atoms with E-state index >= 15 is 0 Å². The molecule has 1 amide bonds. The molecule has 28 heavy (non-hydrogen) atoms. The van der Waals surface area contributed by atoms with Crippen LogP contribution in [0.1, 0.15) is 16.8 Å². The lowest BCUT2D eigenvalue weighted by atomic mass is 10.1. The molecule has 1 aliphatic heterocycles. The molecule has 142 valence electrons. The van der Waals surface area contributed by atoms with Gasteiger partial charge in [0.1, 0.15) is 18.5 Å². The lowest BCUT2D eigenvalue weighted by Gasteiger charge is -2.26. The van der Waals surface area contributed by atoms with Crippen molar-refractivity contribution in [1.82, 2.24) is 15.3 Å². The number of carbonyl (C=O) groups excluding carboxylic acids is 1. The van der Waals surface area contributed by atoms with Crippen LogP contribution in [0.4, 0.5) is 5.82 Å². The van der Waals surface area contributed by atoms with Crippen LogP contribution in [-0.2, 0) is 0 Å². The third kappa shape index (κ3) is 4.03. The van der Waals surface area contributed by atoms with Gasteiger partial charge < -0.3 is 20.5 Å². The lowest BCUT2D eigenvalue weighted by molar-refractivity contribution is 0.0812. The van der Waals surface area contributed by atoms with Gasteiger partial charge in [0, 0.05) is 30.9 Å². The fourth-order valence-electron chi connectivity index (χ4n) is 2.91. The summed E-state index contributed by atoms with van der Waals surface area (Å²) in [5, 5.41) is 2.89. The summed E-state index contributed by atoms with van der Waals surface area (Å²) < 4.78 is 11.6. The summed E-state index contributed by atoms with van der Waals surface area (Å²) in [7, 11) is 0. The largest absolute Gasteiger partial charge is 0.486 e. The third-order valence-corrected chi connectivity index (χ3v) is 4.43. The van der Waals surface area contributed by atoms with Crippen LogP contribution in [0.5, 0.6) is 11.5 Å². The van der Waals surface area contributed by atoms with Crippen LogP contribution in [0.15, 0.2) is 60.9 Å². The predicted octanol–water partition coefficient (Wildman–Crippen LogP) is 2.69. The first-order chi connectivity index (χ1) is 13.7. The number of para-hydroxylation sites is 2. The molecule has 1 atom stereocenters. The maximum atomic E-state index is 12.3. The van der Waals surface area contributed by atoms with Gasteiger partial charge in [0.2, 0.25) is 0 Å². The Bertz CT molecular complexity index is 958. The van der Waals surface area contributed by atoms with Crippen molar-refractivity contribution in [2.24, 2.45) is 0 Å². The predicted molar refractivity (Wildman–Crippen MR) is 105 cm³/mol. The first-order valence-corrected chi connectivity index (χ1v) is 9.04. The molecule has 1 aliphatic rings. The number of anilines is 1. The summed E-state index contributed by atoms with van der Waals surface area (Å²) >= 11 is 0. The average Bonchev–Trinajstić information content (AvgIpc) is 2.74. The second kappa shape index (κ2) is 7.96. The van der Waals surface area contributed by atoms with Gasteiger partial charge in [-0.1, -0.05) is 12.1 Å². The molecule has 0 spiro atoms. The van der Waals surface area contributed by atoms with Crippen molar-refractivity contribution in [2.45, 2.75) is 12.5 Å². The van der Waals surface area contributed by atoms with Gasteiger partial charge >= 0.3 is 0 Å². The quantitative estimate of drug-likeness (QED) is 0.710. The topological polar surface area (TPSA) is 99.4 Å². The molecule has 3 N–H and O–H groups in total. The molecule has 0 saturated carbocycles. The first kappa shape index (κ1) is 17.8. The second-order valence-electron chi connectivity index (χ2n) is 6.45. The van der Waals surface area contributed by atoms with Crippen LogP contribution in [0, 0.1) is 0 Å². The van der Waals surface area contributed by atoms with Gasteiger partial charge in [-0.25, -0.2) is 4.98 Å². The Kier molecular flexibility index (Phi) is 5.05. The Balaban J connectivity index is 1.29. The van der Waals surface area contributed by atoms with E-state index in [2.05, 4.69) is 15.3 Å². The lowest BCUT2D eigenvalue weighted by Crippen LogP contribution is -2.34. The first-order valence-electron chi connectivity index (χ1n) is 9.04. The van der Waals surface area contributed by atoms with Gasteiger partial charge in [-0.3, -0.25) is 9.78 Å². The van der Waals surface area contributed by atoms with Gasteiger partial charge in [0.15, 0.2) is 11.5 Å². The number of aromatic nitrogens is 2. The highest BCUT2D eigenvalue weighted by Gasteiger charge is 2.20. The normalized spacial score (nSPS) is 15.1. The number of fused-ring (bicyclic) bond motifs is 1. The van der Waals surface area contributed by atoms with Crippen LogP contribution in [0.2, 0.25) is 0 Å². The number of nitrogens with one attached hydrogen (secondary N) is 1. The standard InChI is InChI=1S/C21H20N4O3/c22-20-8-6-14(11-25-20)17-7-5-15(12-24-17)21(26)23-10-9-16-13-27-18-3-1-2-4-19(18)28-16/h1-8,11-12,16H,9-10,13H2,(H2,22,25)(H,23,26). The fourth-order valence-corrected chi connectivity index (χ4v) is 2.91. The number of nitrogens with two attached hydrogens (primary N) is 1. The smallest absolute Gasteiger partial charge is 0.252 e. The van der Waals surface area contributed by atoms with E-state index in [0.717, 1.165) is 22.8 Å². The molecule has 0 aliphatic carbocycles. The van der Waals surface area contributed by atoms with Crippen LogP contribution >= 0.6 is 0 Å². The summed E-state index contributed by atoms with van der Waals surface area (Å²) in [6.45, 7) is 0.956. The van der Waals surface area contributed by atoms with E-state index in [1.807, 2.05) is 30.3 Å². The van der Waals surface area contributed by atoms with Gasteiger partial charge in [0.25, 0.3) is 5.91 Å². The van der Waals surface area contributed by atoms with Crippen molar-refractivity contribution in [1.29, 1.82) is 0 Å². The highest BCUT2D eigenvalue weighted by Crippen LogP contribution is 2.31. The molecule has 3 aromatic rings. The molecule has 0 radical (unpaired) electrons. The third-order valence-electron chi connectivity index (χ3n) is 4.43. The Morgan fingerprint density at radius 2 is 1.93 bits per heavy atom. The van der Waals surface area contributed by atoms with Crippen molar-refractivity contribution < 1.29 is 14.3 Å². The van der Waals surface area contributed by atoms with E-state index in [1.165, 1.54) is 0 Å². The van der Waals surface area contributed by atoms with Crippen molar-refractivity contribution in [3.63, 3.8) is 0 Å². The molecule has 7 heteroatoms. The number of hydrogen-bond acceptors (Lipinski definition) is 6. The summed E-state index contributed by atoms with van der Waals surface area (Å²) in [5.74, 6) is 1.77. The molecular weight excluding hydrogens is 356 g/mol. The van der Waals surface area contributed by atoms with Gasteiger partial charge in [-0.05, 0) is 36.4 Å². The molecule has 2 aromatic heterocycles. The molecule has 0 bridgehead atoms. The van der Waals surface area contributed by atoms with Crippen LogP contribution < -0.4 is 20.5 Å². The monoisotopic (exact) mass is 376 g/mol. The highest BCUT2D eigenvalue weighted by atomic mass is 16.6. The maximum Gasteiger partial charge on any atom is 0.252 e. The van der Waals surface area contributed by atoms with E-state index in [-0.39, 0.29) is 12.0 Å². The Morgan fingerprint density at radius 3 is 2.68 bits per heavy atom. The van der Waals surface area contributed by atoms with Crippen molar-refractivity contribution in [3.05, 3.63) is 66.5 Å². The molecule has 0 fully saturated rings. The second-order valence-corrected chi connectivity index (χ2v) is 6.45. The van der Waals surface area contributed by atoms with Crippen molar-refractivity contribution in [2.75, 3.05) is 18.9 Å². The summed E-state index contributed by atoms with van der Waals surface area (Å²) in [5.41, 5.74) is 7.67. The van der Waals surface area contributed by atoms with E-state index in [9.17, 15) is 4.79 Å². The van der Waals surface area contributed by atoms with E-state index in [4.69, 9.17) is 15.2 Å². The number of ether oxygens (including phenoxy) is 2. The number of amides is 1. The van der Waals surface area contributed by atoms with Crippen LogP contribution in [0.3, 0.4) is 0 Å². The minimum Gasteiger partial charge on any atom is -0.486 e. The Morgan fingerprint density at radius 1 is 1.07 bits per heavy atom. The van der Waals surface area contributed by atoms with Crippen LogP contribution in [0.25, 0.3) is 11.3 Å². The number of hydrogen-bond donors (Lipinski definition) is 2. The van der Waals surface area contributed by atoms with E-state index < -0.39 is 0 Å². The maximum absolute atomic E-state index is 12.3. The Labute approximate surface area is 162 Å². The van der Waals surface area contributed by atoms with Gasteiger partial charge in [0.05, 0.1) is 11.3 Å². The zero-order valence-corrected chi connectivity index (χ0v) is 15.2. The number of nitrogens with zero attached hydrogens (tertiary/aromatic N) is 2. The fraction of sp³-hybridized carbons (Fsp3) is 0.190. The molecule has 0 saturated heterocycles. The van der Waals surface area contributed by atoms with Crippen molar-refractivity contribution in [3.8, 4) is 22.8 Å². The van der Waals surface area contributed by atoms with Crippen LogP contribution in [-0.4, -0.2) is 35.1 Å². The Hall–Kier alpha value is -3.61. The molecule has 7 nitrogen and oxygen atoms in total. The summed E-state index contributed by atoms with van der Waals surface area (Å²) in [4.78, 5) is 20.7. The summed E-state index contributed by atoms with van der Waals surface area (Å²) in [6, 6.07) is 14.7. The highest BCUT2D eigenvalue weighted by molar-refractivity contribution is 5.94. The summed E-state index contributed by atoms with van der Waals surface area (Å²) in [6.07, 6.45) is 3.77. The number of nitrogen functional groups attached to an aromatic ring is 1. The molecule has 1 unspecified atom stereocenters. The molecule has 3 heterocycles. The minimum atomic E-state index is -0.174. The van der Waals surface area contributed by atoms with Gasteiger partial charge in [-0.2, -0.15) is 0 Å². The molecular formula is C21H20N4O3. The van der Waals surface area contributed by atoms with E-state index in [1.54, 1.807) is 30.6 Å². The number of rotatable bonds is 5. The number of benzene rings is 1. The molecule has 1 aromatic carbocycles. The zero-order chi connectivity index (χ0) is 19.3. The molecule has 4 rings (SSSR count). The number of carbonyl (C=O) groups is 1. The van der Waals surface area contributed by atoms with Crippen molar-refractivity contribution >= 4 is 11.7 Å². The average molecular weight is 376 g/mol. The zero-order valence-electron chi connectivity index (χ0n) is 15.2. The SMILES string of the molecule is Nc1ccc(-c2ccc(C(=O)NCCC3COc4ccccc4O3)cn2)cn1. The van der Waals surface area contributed by atoms with E-state index in [0.29, 0.717) is 31.0 Å². The minimum absolute atomic E-state index is 0.0892.